The molecule has 0 aromatic carbocycles. The number of nitrogens with one attached hydrogen (secondary N) is 1. The monoisotopic (exact) mass is 514 g/mol. The average Bonchev–Trinajstić information content (AvgIpc) is 2.92. The predicted octanol–water partition coefficient (Wildman–Crippen LogP) is 4.05. The second-order valence-electron chi connectivity index (χ2n) is 7.04. The number of pyridine rings is 1. The van der Waals surface area contributed by atoms with Crippen molar-refractivity contribution >= 4 is 47.1 Å². The Kier molecular flexibility index (Phi) is 9.43. The Morgan fingerprint density at radius 1 is 1.25 bits per heavy atom. The maximum Gasteiger partial charge on any atom is 0.194 e. The molecule has 1 N–H and O–H groups in total. The first kappa shape index (κ1) is 22.9. The molecule has 3 rings (SSSR count). The molecule has 2 aromatic heterocycles. The van der Waals surface area contributed by atoms with Crippen molar-refractivity contribution in [2.75, 3.05) is 32.1 Å². The highest BCUT2D eigenvalue weighted by molar-refractivity contribution is 14.0. The highest BCUT2D eigenvalue weighted by Gasteiger charge is 2.12. The molecule has 3 heterocycles. The van der Waals surface area contributed by atoms with E-state index in [1.165, 1.54) is 25.7 Å². The third-order valence-electron chi connectivity index (χ3n) is 4.83. The van der Waals surface area contributed by atoms with Crippen LogP contribution in [0.2, 0.25) is 0 Å². The van der Waals surface area contributed by atoms with Crippen molar-refractivity contribution in [3.8, 4) is 0 Å². The van der Waals surface area contributed by atoms with Crippen LogP contribution in [0.5, 0.6) is 0 Å². The zero-order valence-corrected chi connectivity index (χ0v) is 20.2. The third-order valence-corrected chi connectivity index (χ3v) is 5.65. The predicted molar refractivity (Wildman–Crippen MR) is 129 cm³/mol. The largest absolute Gasteiger partial charge is 0.357 e. The Morgan fingerprint density at radius 3 is 2.57 bits per heavy atom. The summed E-state index contributed by atoms with van der Waals surface area (Å²) in [4.78, 5) is 18.1. The molecule has 0 amide bonds. The SMILES string of the molecule is CN=C(NCc1ccc(N2CCCCCC2)nc1)N(C)Cc1csc(C)n1.I. The Hall–Kier alpha value is -1.42. The number of halogens is 1. The van der Waals surface area contributed by atoms with Crippen LogP contribution in [0.1, 0.15) is 41.9 Å². The number of aromatic nitrogens is 2. The van der Waals surface area contributed by atoms with Crippen LogP contribution in [0.25, 0.3) is 0 Å². The highest BCUT2D eigenvalue weighted by Crippen LogP contribution is 2.17. The number of nitrogens with zero attached hydrogens (tertiary/aromatic N) is 5. The number of aryl methyl sites for hydroxylation is 1. The smallest absolute Gasteiger partial charge is 0.194 e. The standard InChI is InChI=1S/C20H30N6S.HI/c1-16-24-18(15-27-16)14-25(3)20(21-2)23-13-17-8-9-19(22-12-17)26-10-6-4-5-7-11-26;/h8-9,12,15H,4-7,10-11,13-14H2,1-3H3,(H,21,23);1H. The van der Waals surface area contributed by atoms with Crippen LogP contribution >= 0.6 is 35.3 Å². The molecule has 0 bridgehead atoms. The number of guanidine groups is 1. The molecule has 0 radical (unpaired) electrons. The summed E-state index contributed by atoms with van der Waals surface area (Å²) >= 11 is 1.68. The van der Waals surface area contributed by atoms with Gasteiger partial charge in [0.15, 0.2) is 5.96 Å². The first-order valence-corrected chi connectivity index (χ1v) is 10.6. The molecule has 1 saturated heterocycles. The molecule has 154 valence electrons. The maximum absolute atomic E-state index is 4.69. The summed E-state index contributed by atoms with van der Waals surface area (Å²) in [7, 11) is 3.84. The van der Waals surface area contributed by atoms with E-state index < -0.39 is 0 Å². The summed E-state index contributed by atoms with van der Waals surface area (Å²) in [5, 5.41) is 6.62. The minimum Gasteiger partial charge on any atom is -0.357 e. The summed E-state index contributed by atoms with van der Waals surface area (Å²) < 4.78 is 0. The molecule has 28 heavy (non-hydrogen) atoms. The number of hydrogen-bond donors (Lipinski definition) is 1. The molecule has 0 aliphatic carbocycles. The van der Waals surface area contributed by atoms with Gasteiger partial charge in [-0.1, -0.05) is 18.9 Å². The van der Waals surface area contributed by atoms with E-state index >= 15 is 0 Å². The molecule has 0 spiro atoms. The van der Waals surface area contributed by atoms with Gasteiger partial charge in [-0.3, -0.25) is 4.99 Å². The Balaban J connectivity index is 0.00000280. The lowest BCUT2D eigenvalue weighted by molar-refractivity contribution is 0.470. The van der Waals surface area contributed by atoms with E-state index in [-0.39, 0.29) is 24.0 Å². The van der Waals surface area contributed by atoms with E-state index in [0.29, 0.717) is 6.54 Å². The molecule has 1 aliphatic heterocycles. The Bertz CT molecular complexity index is 737. The number of thiazole rings is 1. The van der Waals surface area contributed by atoms with E-state index in [2.05, 4.69) is 47.6 Å². The Labute approximate surface area is 189 Å². The number of hydrogen-bond acceptors (Lipinski definition) is 5. The number of anilines is 1. The minimum atomic E-state index is 0. The fourth-order valence-corrected chi connectivity index (χ4v) is 3.98. The normalized spacial score (nSPS) is 15.0. The van der Waals surface area contributed by atoms with E-state index in [1.807, 2.05) is 27.2 Å². The van der Waals surface area contributed by atoms with Gasteiger partial charge in [0.25, 0.3) is 0 Å². The first-order valence-electron chi connectivity index (χ1n) is 9.68. The molecular weight excluding hydrogens is 483 g/mol. The van der Waals surface area contributed by atoms with Crippen molar-refractivity contribution in [1.82, 2.24) is 20.2 Å². The van der Waals surface area contributed by atoms with E-state index in [0.717, 1.165) is 47.7 Å². The van der Waals surface area contributed by atoms with Gasteiger partial charge >= 0.3 is 0 Å². The van der Waals surface area contributed by atoms with Crippen molar-refractivity contribution < 1.29 is 0 Å². The van der Waals surface area contributed by atoms with Gasteiger partial charge in [-0.2, -0.15) is 0 Å². The van der Waals surface area contributed by atoms with E-state index in [9.17, 15) is 0 Å². The van der Waals surface area contributed by atoms with Crippen molar-refractivity contribution in [3.05, 3.63) is 40.0 Å². The number of aliphatic imine (C=N–C) groups is 1. The summed E-state index contributed by atoms with van der Waals surface area (Å²) in [5.74, 6) is 1.96. The second-order valence-corrected chi connectivity index (χ2v) is 8.10. The van der Waals surface area contributed by atoms with Crippen molar-refractivity contribution in [2.24, 2.45) is 4.99 Å². The Morgan fingerprint density at radius 2 is 2.00 bits per heavy atom. The topological polar surface area (TPSA) is 56.7 Å². The zero-order valence-electron chi connectivity index (χ0n) is 17.0. The molecule has 8 heteroatoms. The molecular formula is C20H31IN6S. The summed E-state index contributed by atoms with van der Waals surface area (Å²) in [6, 6.07) is 4.31. The van der Waals surface area contributed by atoms with Gasteiger partial charge in [-0.25, -0.2) is 9.97 Å². The summed E-state index contributed by atoms with van der Waals surface area (Å²) in [5.41, 5.74) is 2.24. The summed E-state index contributed by atoms with van der Waals surface area (Å²) in [6.07, 6.45) is 7.19. The van der Waals surface area contributed by atoms with Gasteiger partial charge in [0, 0.05) is 45.3 Å². The molecule has 0 atom stereocenters. The molecule has 0 saturated carbocycles. The molecule has 2 aromatic rings. The van der Waals surface area contributed by atoms with Crippen molar-refractivity contribution in [3.63, 3.8) is 0 Å². The molecule has 1 fully saturated rings. The lowest BCUT2D eigenvalue weighted by atomic mass is 10.2. The quantitative estimate of drug-likeness (QED) is 0.371. The third kappa shape index (κ3) is 6.58. The number of rotatable bonds is 5. The van der Waals surface area contributed by atoms with Gasteiger partial charge in [-0.15, -0.1) is 35.3 Å². The van der Waals surface area contributed by atoms with Crippen molar-refractivity contribution in [2.45, 2.75) is 45.7 Å². The summed E-state index contributed by atoms with van der Waals surface area (Å²) in [6.45, 7) is 5.73. The zero-order chi connectivity index (χ0) is 19.1. The fraction of sp³-hybridized carbons (Fsp3) is 0.550. The van der Waals surface area contributed by atoms with Gasteiger partial charge < -0.3 is 15.1 Å². The van der Waals surface area contributed by atoms with Crippen molar-refractivity contribution in [1.29, 1.82) is 0 Å². The lowest BCUT2D eigenvalue weighted by Crippen LogP contribution is -2.38. The molecule has 0 unspecified atom stereocenters. The average molecular weight is 514 g/mol. The second kappa shape index (κ2) is 11.5. The van der Waals surface area contributed by atoms with Crippen LogP contribution in [0.4, 0.5) is 5.82 Å². The lowest BCUT2D eigenvalue weighted by Gasteiger charge is -2.22. The van der Waals surface area contributed by atoms with Gasteiger partial charge in [0.05, 0.1) is 17.2 Å². The van der Waals surface area contributed by atoms with Crippen LogP contribution in [-0.2, 0) is 13.1 Å². The van der Waals surface area contributed by atoms with Crippen LogP contribution in [0, 0.1) is 6.92 Å². The van der Waals surface area contributed by atoms with Gasteiger partial charge in [0.2, 0.25) is 0 Å². The van der Waals surface area contributed by atoms with Gasteiger partial charge in [0.1, 0.15) is 5.82 Å². The van der Waals surface area contributed by atoms with Crippen LogP contribution < -0.4 is 10.2 Å². The van der Waals surface area contributed by atoms with Crippen LogP contribution in [0.3, 0.4) is 0 Å². The molecule has 6 nitrogen and oxygen atoms in total. The van der Waals surface area contributed by atoms with Gasteiger partial charge in [-0.05, 0) is 31.4 Å². The van der Waals surface area contributed by atoms with E-state index in [4.69, 9.17) is 0 Å². The van der Waals surface area contributed by atoms with Crippen LogP contribution in [-0.4, -0.2) is 48.0 Å². The first-order chi connectivity index (χ1) is 13.2. The highest BCUT2D eigenvalue weighted by atomic mass is 127. The van der Waals surface area contributed by atoms with E-state index in [1.54, 1.807) is 11.3 Å². The van der Waals surface area contributed by atoms with Crippen LogP contribution in [0.15, 0.2) is 28.7 Å². The molecule has 1 aliphatic rings. The maximum atomic E-state index is 4.69. The minimum absolute atomic E-state index is 0. The fourth-order valence-electron chi connectivity index (χ4n) is 3.37.